The summed E-state index contributed by atoms with van der Waals surface area (Å²) in [4.78, 5) is 28.5. The van der Waals surface area contributed by atoms with E-state index < -0.39 is 12.0 Å². The quantitative estimate of drug-likeness (QED) is 0.539. The summed E-state index contributed by atoms with van der Waals surface area (Å²) < 4.78 is 2.83. The van der Waals surface area contributed by atoms with Crippen LogP contribution in [0.15, 0.2) is 41.5 Å². The minimum absolute atomic E-state index is 0.189. The Morgan fingerprint density at radius 2 is 2.15 bits per heavy atom. The molecule has 1 aliphatic rings. The lowest BCUT2D eigenvalue weighted by Gasteiger charge is -2.15. The van der Waals surface area contributed by atoms with Gasteiger partial charge in [-0.25, -0.2) is 4.79 Å². The van der Waals surface area contributed by atoms with Gasteiger partial charge in [0.05, 0.1) is 5.69 Å². The van der Waals surface area contributed by atoms with E-state index in [9.17, 15) is 9.59 Å². The van der Waals surface area contributed by atoms with Gasteiger partial charge in [-0.3, -0.25) is 14.2 Å². The van der Waals surface area contributed by atoms with Crippen LogP contribution in [0.1, 0.15) is 18.7 Å². The van der Waals surface area contributed by atoms with Crippen LogP contribution in [0.5, 0.6) is 0 Å². The number of nitrogens with zero attached hydrogens (tertiary/aromatic N) is 5. The molecule has 0 spiro atoms. The second-order valence-corrected chi connectivity index (χ2v) is 6.83. The topological polar surface area (TPSA) is 112 Å². The first-order valence-electron chi connectivity index (χ1n) is 8.13. The number of carbonyl (C=O) groups excluding carboxylic acids is 1. The third-order valence-corrected chi connectivity index (χ3v) is 4.93. The molecule has 3 heterocycles. The maximum Gasteiger partial charge on any atom is 0.364 e. The predicted molar refractivity (Wildman–Crippen MR) is 94.5 cm³/mol. The Morgan fingerprint density at radius 3 is 2.85 bits per heavy atom. The van der Waals surface area contributed by atoms with E-state index >= 15 is 0 Å². The number of fused-ring (bicyclic) bond motifs is 1. The second-order valence-electron chi connectivity index (χ2n) is 6.40. The first kappa shape index (κ1) is 17.4. The second kappa shape index (κ2) is 6.60. The largest absolute Gasteiger partial charge is 0.364 e. The molecule has 0 aliphatic carbocycles. The van der Waals surface area contributed by atoms with E-state index in [4.69, 9.17) is 16.9 Å². The Morgan fingerprint density at radius 1 is 1.33 bits per heavy atom. The minimum atomic E-state index is -0.857. The maximum atomic E-state index is 12.8. The Hall–Kier alpha value is -3.04. The van der Waals surface area contributed by atoms with Crippen molar-refractivity contribution in [2.45, 2.75) is 19.4 Å². The van der Waals surface area contributed by atoms with Gasteiger partial charge in [-0.1, -0.05) is 18.5 Å². The van der Waals surface area contributed by atoms with Gasteiger partial charge in [0.25, 0.3) is 5.56 Å². The van der Waals surface area contributed by atoms with Gasteiger partial charge < -0.3 is 0 Å². The molecule has 0 radical (unpaired) electrons. The molecule has 0 saturated carbocycles. The van der Waals surface area contributed by atoms with Crippen molar-refractivity contribution in [2.75, 3.05) is 0 Å². The molecule has 1 aliphatic heterocycles. The Kier molecular flexibility index (Phi) is 4.25. The minimum Gasteiger partial charge on any atom is -0.299 e. The number of rotatable bonds is 3. The molecule has 0 bridgehead atoms. The number of carbonyl (C=O) groups is 1. The Labute approximate surface area is 157 Å². The number of pyridine rings is 1. The van der Waals surface area contributed by atoms with E-state index in [1.165, 1.54) is 21.6 Å². The van der Waals surface area contributed by atoms with Crippen LogP contribution < -0.4 is 5.56 Å². The molecule has 10 heteroatoms. The van der Waals surface area contributed by atoms with Gasteiger partial charge in [-0.05, 0) is 52.6 Å². The summed E-state index contributed by atoms with van der Waals surface area (Å²) in [6.45, 7) is 1.82. The molecular formula is C17H14ClN5O4. The van der Waals surface area contributed by atoms with Crippen LogP contribution in [-0.4, -0.2) is 36.0 Å². The third kappa shape index (κ3) is 2.90. The molecular weight excluding hydrogens is 374 g/mol. The lowest BCUT2D eigenvalue weighted by molar-refractivity contribution is -0.239. The number of hydrogen-bond donors (Lipinski definition) is 1. The summed E-state index contributed by atoms with van der Waals surface area (Å²) in [6, 6.07) is 7.57. The smallest absolute Gasteiger partial charge is 0.299 e. The van der Waals surface area contributed by atoms with Gasteiger partial charge in [-0.2, -0.15) is 9.94 Å². The van der Waals surface area contributed by atoms with Gasteiger partial charge in [0.1, 0.15) is 12.4 Å². The van der Waals surface area contributed by atoms with E-state index in [0.717, 1.165) is 0 Å². The molecule has 2 atom stereocenters. The summed E-state index contributed by atoms with van der Waals surface area (Å²) >= 11 is 6.16. The van der Waals surface area contributed by atoms with Crippen molar-refractivity contribution < 1.29 is 14.9 Å². The van der Waals surface area contributed by atoms with Crippen LogP contribution in [0.4, 0.5) is 0 Å². The molecule has 0 unspecified atom stereocenters. The van der Waals surface area contributed by atoms with Crippen molar-refractivity contribution >= 4 is 17.6 Å². The fraction of sp³-hybridized carbons (Fsp3) is 0.235. The standard InChI is InChI=1S/C17H14ClN5O4/c1-9-4-12-5-10(6-15(24)23(12)16(9)17(25)27-26)13-7-11(18)2-3-14(13)22-8-19-20-21-22/h2-3,5-9,16,26H,4H2,1H3/t9-,16-/m0/s1. The van der Waals surface area contributed by atoms with E-state index in [0.29, 0.717) is 34.0 Å². The number of aromatic nitrogens is 5. The summed E-state index contributed by atoms with van der Waals surface area (Å²) in [7, 11) is 0. The van der Waals surface area contributed by atoms with Crippen molar-refractivity contribution in [1.82, 2.24) is 24.8 Å². The fourth-order valence-electron chi connectivity index (χ4n) is 3.56. The predicted octanol–water partition coefficient (Wildman–Crippen LogP) is 1.89. The summed E-state index contributed by atoms with van der Waals surface area (Å²) in [6.07, 6.45) is 1.94. The van der Waals surface area contributed by atoms with Crippen LogP contribution in [-0.2, 0) is 16.1 Å². The highest BCUT2D eigenvalue weighted by atomic mass is 35.5. The molecule has 4 rings (SSSR count). The first-order chi connectivity index (χ1) is 13.0. The molecule has 0 fully saturated rings. The SMILES string of the molecule is C[C@H]1Cc2cc(-c3cc(Cl)ccc3-n3cnnn3)cc(=O)n2[C@@H]1C(=O)OO. The van der Waals surface area contributed by atoms with Crippen molar-refractivity contribution in [1.29, 1.82) is 0 Å². The van der Waals surface area contributed by atoms with E-state index in [-0.39, 0.29) is 11.5 Å². The average Bonchev–Trinajstić information content (AvgIpc) is 3.28. The van der Waals surface area contributed by atoms with Gasteiger partial charge in [0.15, 0.2) is 0 Å². The molecule has 27 heavy (non-hydrogen) atoms. The molecule has 0 saturated heterocycles. The van der Waals surface area contributed by atoms with Crippen LogP contribution >= 0.6 is 11.6 Å². The van der Waals surface area contributed by atoms with E-state index in [1.54, 1.807) is 18.2 Å². The summed E-state index contributed by atoms with van der Waals surface area (Å²) in [5.41, 5.74) is 2.26. The zero-order chi connectivity index (χ0) is 19.1. The highest BCUT2D eigenvalue weighted by Gasteiger charge is 2.37. The van der Waals surface area contributed by atoms with Crippen molar-refractivity contribution in [3.63, 3.8) is 0 Å². The molecule has 9 nitrogen and oxygen atoms in total. The summed E-state index contributed by atoms with van der Waals surface area (Å²) in [5, 5.41) is 20.4. The normalized spacial score (nSPS) is 18.3. The Bertz CT molecular complexity index is 1080. The maximum absolute atomic E-state index is 12.8. The average molecular weight is 388 g/mol. The lowest BCUT2D eigenvalue weighted by atomic mass is 10.0. The summed E-state index contributed by atoms with van der Waals surface area (Å²) in [5.74, 6) is -1.04. The number of halogens is 1. The third-order valence-electron chi connectivity index (χ3n) is 4.69. The highest BCUT2D eigenvalue weighted by molar-refractivity contribution is 6.31. The van der Waals surface area contributed by atoms with E-state index in [1.807, 2.05) is 13.0 Å². The van der Waals surface area contributed by atoms with Crippen LogP contribution in [0.25, 0.3) is 16.8 Å². The van der Waals surface area contributed by atoms with Crippen molar-refractivity contribution in [3.8, 4) is 16.8 Å². The fourth-order valence-corrected chi connectivity index (χ4v) is 3.73. The van der Waals surface area contributed by atoms with Gasteiger partial charge in [0.2, 0.25) is 0 Å². The van der Waals surface area contributed by atoms with Gasteiger partial charge in [-0.15, -0.1) is 5.10 Å². The molecule has 1 aromatic carbocycles. The molecule has 0 amide bonds. The molecule has 138 valence electrons. The highest BCUT2D eigenvalue weighted by Crippen LogP contribution is 2.34. The van der Waals surface area contributed by atoms with Crippen molar-refractivity contribution in [3.05, 3.63) is 57.7 Å². The monoisotopic (exact) mass is 387 g/mol. The van der Waals surface area contributed by atoms with Crippen LogP contribution in [0.2, 0.25) is 5.02 Å². The molecule has 3 aromatic rings. The van der Waals surface area contributed by atoms with Crippen LogP contribution in [0, 0.1) is 5.92 Å². The molecule has 1 N–H and O–H groups in total. The van der Waals surface area contributed by atoms with Crippen LogP contribution in [0.3, 0.4) is 0 Å². The number of benzene rings is 1. The van der Waals surface area contributed by atoms with Crippen molar-refractivity contribution in [2.24, 2.45) is 5.92 Å². The van der Waals surface area contributed by atoms with Gasteiger partial charge >= 0.3 is 5.97 Å². The zero-order valence-corrected chi connectivity index (χ0v) is 14.9. The molecule has 2 aromatic heterocycles. The van der Waals surface area contributed by atoms with E-state index in [2.05, 4.69) is 20.4 Å². The zero-order valence-electron chi connectivity index (χ0n) is 14.1. The van der Waals surface area contributed by atoms with Gasteiger partial charge in [0, 0.05) is 22.3 Å². The number of tetrazole rings is 1. The first-order valence-corrected chi connectivity index (χ1v) is 8.51. The Balaban J connectivity index is 1.88. The lowest BCUT2D eigenvalue weighted by Crippen LogP contribution is -2.30. The number of hydrogen-bond acceptors (Lipinski definition) is 7.